The third-order valence-corrected chi connectivity index (χ3v) is 5.36. The summed E-state index contributed by atoms with van der Waals surface area (Å²) in [5.41, 5.74) is 5.34. The van der Waals surface area contributed by atoms with Gasteiger partial charge in [0.25, 0.3) is 0 Å². The predicted octanol–water partition coefficient (Wildman–Crippen LogP) is 0.984. The van der Waals surface area contributed by atoms with Crippen LogP contribution in [0.5, 0.6) is 0 Å². The molecule has 8 heteroatoms. The van der Waals surface area contributed by atoms with Gasteiger partial charge in [0.1, 0.15) is 4.90 Å². The molecule has 102 valence electrons. The van der Waals surface area contributed by atoms with Gasteiger partial charge in [-0.3, -0.25) is 0 Å². The number of likely N-dealkylation sites (N-methyl/N-ethyl adjacent to an activating group) is 1. The zero-order valence-corrected chi connectivity index (χ0v) is 12.0. The van der Waals surface area contributed by atoms with E-state index in [4.69, 9.17) is 5.73 Å². The molecule has 0 aromatic carbocycles. The number of hydrogen-bond acceptors (Lipinski definition) is 6. The molecule has 0 aliphatic carbocycles. The molecule has 2 N–H and O–H groups in total. The third-order valence-electron chi connectivity index (χ3n) is 2.61. The average Bonchev–Trinajstić information content (AvgIpc) is 2.89. The van der Waals surface area contributed by atoms with E-state index in [1.807, 2.05) is 17.5 Å². The summed E-state index contributed by atoms with van der Waals surface area (Å²) in [5, 5.41) is 1.97. The Balaban J connectivity index is 2.08. The van der Waals surface area contributed by atoms with Gasteiger partial charge in [-0.15, -0.1) is 11.3 Å². The second-order valence-corrected chi connectivity index (χ2v) is 7.01. The summed E-state index contributed by atoms with van der Waals surface area (Å²) in [5.74, 6) is 0.0557. The predicted molar refractivity (Wildman–Crippen MR) is 74.3 cm³/mol. The minimum Gasteiger partial charge on any atom is -0.368 e. The van der Waals surface area contributed by atoms with Gasteiger partial charge in [0, 0.05) is 18.5 Å². The highest BCUT2D eigenvalue weighted by Crippen LogP contribution is 2.15. The van der Waals surface area contributed by atoms with Gasteiger partial charge in [-0.2, -0.15) is 0 Å². The maximum Gasteiger partial charge on any atom is 0.245 e. The molecule has 0 bridgehead atoms. The summed E-state index contributed by atoms with van der Waals surface area (Å²) in [6, 6.07) is 3.93. The molecule has 0 saturated carbocycles. The Morgan fingerprint density at radius 1 is 1.37 bits per heavy atom. The van der Waals surface area contributed by atoms with E-state index >= 15 is 0 Å². The van der Waals surface area contributed by atoms with Gasteiger partial charge in [-0.05, 0) is 17.9 Å². The molecule has 6 nitrogen and oxygen atoms in total. The van der Waals surface area contributed by atoms with Crippen LogP contribution in [0.3, 0.4) is 0 Å². The molecule has 0 radical (unpaired) electrons. The van der Waals surface area contributed by atoms with Gasteiger partial charge in [0.2, 0.25) is 16.0 Å². The molecule has 0 amide bonds. The molecule has 2 rings (SSSR count). The zero-order chi connectivity index (χ0) is 13.9. The molecular formula is C11H14N4O2S2. The quantitative estimate of drug-likeness (QED) is 0.889. The second kappa shape index (κ2) is 5.64. The summed E-state index contributed by atoms with van der Waals surface area (Å²) >= 11 is 1.61. The average molecular weight is 298 g/mol. The van der Waals surface area contributed by atoms with Crippen LogP contribution in [-0.2, 0) is 16.4 Å². The smallest absolute Gasteiger partial charge is 0.245 e. The van der Waals surface area contributed by atoms with Crippen molar-refractivity contribution >= 4 is 27.3 Å². The molecular weight excluding hydrogens is 284 g/mol. The summed E-state index contributed by atoms with van der Waals surface area (Å²) in [6.45, 7) is 0.410. The standard InChI is InChI=1S/C11H14N4O2S2/c1-15(5-4-9-3-2-6-18-9)19(16,17)10-7-13-11(12)14-8-10/h2-3,6-8H,4-5H2,1H3,(H2,12,13,14). The molecule has 0 unspecified atom stereocenters. The van der Waals surface area contributed by atoms with Crippen LogP contribution in [-0.4, -0.2) is 36.3 Å². The number of thiophene rings is 1. The molecule has 0 aliphatic heterocycles. The SMILES string of the molecule is CN(CCc1cccs1)S(=O)(=O)c1cnc(N)nc1. The summed E-state index contributed by atoms with van der Waals surface area (Å²) in [6.07, 6.45) is 3.13. The monoisotopic (exact) mass is 298 g/mol. The Morgan fingerprint density at radius 3 is 2.63 bits per heavy atom. The number of sulfonamides is 1. The van der Waals surface area contributed by atoms with E-state index in [1.54, 1.807) is 18.4 Å². The van der Waals surface area contributed by atoms with E-state index in [9.17, 15) is 8.42 Å². The van der Waals surface area contributed by atoms with E-state index < -0.39 is 10.0 Å². The van der Waals surface area contributed by atoms with Gasteiger partial charge in [-0.25, -0.2) is 22.7 Å². The second-order valence-electron chi connectivity index (χ2n) is 3.93. The van der Waals surface area contributed by atoms with Gasteiger partial charge < -0.3 is 5.73 Å². The van der Waals surface area contributed by atoms with E-state index in [1.165, 1.54) is 16.7 Å². The molecule has 2 aromatic heterocycles. The van der Waals surface area contributed by atoms with Crippen LogP contribution in [0.25, 0.3) is 0 Å². The maximum atomic E-state index is 12.2. The summed E-state index contributed by atoms with van der Waals surface area (Å²) < 4.78 is 25.7. The molecule has 2 heterocycles. The lowest BCUT2D eigenvalue weighted by Crippen LogP contribution is -2.29. The minimum atomic E-state index is -3.55. The van der Waals surface area contributed by atoms with Crippen LogP contribution >= 0.6 is 11.3 Å². The number of nitrogens with zero attached hydrogens (tertiary/aromatic N) is 3. The third kappa shape index (κ3) is 3.28. The number of hydrogen-bond donors (Lipinski definition) is 1. The molecule has 2 aromatic rings. The fourth-order valence-electron chi connectivity index (χ4n) is 1.48. The van der Waals surface area contributed by atoms with Crippen LogP contribution < -0.4 is 5.73 Å². The van der Waals surface area contributed by atoms with Gasteiger partial charge in [-0.1, -0.05) is 6.07 Å². The number of aromatic nitrogens is 2. The fourth-order valence-corrected chi connectivity index (χ4v) is 3.24. The van der Waals surface area contributed by atoms with Crippen LogP contribution in [0.2, 0.25) is 0 Å². The first-order valence-electron chi connectivity index (χ1n) is 5.56. The normalized spacial score (nSPS) is 11.9. The van der Waals surface area contributed by atoms with E-state index in [0.29, 0.717) is 13.0 Å². The Bertz CT molecular complexity index is 623. The lowest BCUT2D eigenvalue weighted by atomic mass is 10.3. The van der Waals surface area contributed by atoms with Crippen molar-refractivity contribution in [2.75, 3.05) is 19.3 Å². The van der Waals surface area contributed by atoms with Crippen molar-refractivity contribution in [1.29, 1.82) is 0 Å². The van der Waals surface area contributed by atoms with Crippen LogP contribution in [0.4, 0.5) is 5.95 Å². The highest BCUT2D eigenvalue weighted by Gasteiger charge is 2.21. The van der Waals surface area contributed by atoms with Gasteiger partial charge in [0.05, 0.1) is 12.4 Å². The minimum absolute atomic E-state index is 0.0513. The van der Waals surface area contributed by atoms with Crippen molar-refractivity contribution in [1.82, 2.24) is 14.3 Å². The topological polar surface area (TPSA) is 89.2 Å². The van der Waals surface area contributed by atoms with Crippen LogP contribution in [0.1, 0.15) is 4.88 Å². The molecule has 0 fully saturated rings. The lowest BCUT2D eigenvalue weighted by molar-refractivity contribution is 0.473. The first kappa shape index (κ1) is 13.9. The van der Waals surface area contributed by atoms with Crippen molar-refractivity contribution in [3.8, 4) is 0 Å². The van der Waals surface area contributed by atoms with Crippen LogP contribution in [0, 0.1) is 0 Å². The fraction of sp³-hybridized carbons (Fsp3) is 0.273. The molecule has 0 saturated heterocycles. The molecule has 0 aliphatic rings. The first-order chi connectivity index (χ1) is 9.00. The highest BCUT2D eigenvalue weighted by atomic mass is 32.2. The number of anilines is 1. The molecule has 0 atom stereocenters. The Kier molecular flexibility index (Phi) is 4.13. The Morgan fingerprint density at radius 2 is 2.05 bits per heavy atom. The number of nitrogen functional groups attached to an aromatic ring is 1. The largest absolute Gasteiger partial charge is 0.368 e. The van der Waals surface area contributed by atoms with Crippen molar-refractivity contribution in [2.45, 2.75) is 11.3 Å². The Hall–Kier alpha value is -1.51. The van der Waals surface area contributed by atoms with Crippen molar-refractivity contribution in [2.24, 2.45) is 0 Å². The van der Waals surface area contributed by atoms with Crippen molar-refractivity contribution in [3.63, 3.8) is 0 Å². The number of rotatable bonds is 5. The van der Waals surface area contributed by atoms with Crippen molar-refractivity contribution < 1.29 is 8.42 Å². The molecule has 19 heavy (non-hydrogen) atoms. The van der Waals surface area contributed by atoms with Crippen molar-refractivity contribution in [3.05, 3.63) is 34.8 Å². The van der Waals surface area contributed by atoms with Crippen LogP contribution in [0.15, 0.2) is 34.8 Å². The number of nitrogens with two attached hydrogens (primary N) is 1. The maximum absolute atomic E-state index is 12.2. The first-order valence-corrected chi connectivity index (χ1v) is 7.88. The van der Waals surface area contributed by atoms with E-state index in [2.05, 4.69) is 9.97 Å². The van der Waals surface area contributed by atoms with E-state index in [-0.39, 0.29) is 10.8 Å². The summed E-state index contributed by atoms with van der Waals surface area (Å²) in [7, 11) is -2.01. The van der Waals surface area contributed by atoms with Gasteiger partial charge >= 0.3 is 0 Å². The molecule has 0 spiro atoms. The highest BCUT2D eigenvalue weighted by molar-refractivity contribution is 7.89. The Labute approximate surface area is 116 Å². The lowest BCUT2D eigenvalue weighted by Gasteiger charge is -2.16. The summed E-state index contributed by atoms with van der Waals surface area (Å²) in [4.78, 5) is 8.60. The van der Waals surface area contributed by atoms with E-state index in [0.717, 1.165) is 4.88 Å². The van der Waals surface area contributed by atoms with Gasteiger partial charge in [0.15, 0.2) is 0 Å². The zero-order valence-electron chi connectivity index (χ0n) is 10.4.